The monoisotopic (exact) mass is 376 g/mol. The zero-order chi connectivity index (χ0) is 19.9. The Balaban J connectivity index is 2.07. The minimum absolute atomic E-state index is 0.229. The molecule has 1 fully saturated rings. The Kier molecular flexibility index (Phi) is 7.11. The lowest BCUT2D eigenvalue weighted by Gasteiger charge is -2.41. The predicted octanol–water partition coefficient (Wildman–Crippen LogP) is 4.07. The third-order valence-corrected chi connectivity index (χ3v) is 4.64. The van der Waals surface area contributed by atoms with E-state index in [0.717, 1.165) is 12.1 Å². The molecule has 0 spiro atoms. The van der Waals surface area contributed by atoms with Gasteiger partial charge in [0.05, 0.1) is 12.0 Å². The number of esters is 1. The first-order valence-corrected chi connectivity index (χ1v) is 9.70. The van der Waals surface area contributed by atoms with Crippen molar-refractivity contribution < 1.29 is 19.1 Å². The molecule has 1 saturated heterocycles. The summed E-state index contributed by atoms with van der Waals surface area (Å²) >= 11 is 0. The van der Waals surface area contributed by atoms with Crippen molar-refractivity contribution in [3.63, 3.8) is 0 Å². The summed E-state index contributed by atoms with van der Waals surface area (Å²) in [6.45, 7) is 9.23. The van der Waals surface area contributed by atoms with Crippen molar-refractivity contribution >= 4 is 17.7 Å². The lowest BCUT2D eigenvalue weighted by atomic mass is 9.77. The number of hydrogen-bond acceptors (Lipinski definition) is 5. The molecule has 0 bridgehead atoms. The Labute approximate surface area is 162 Å². The molecule has 1 heterocycles. The third kappa shape index (κ3) is 6.15. The van der Waals surface area contributed by atoms with Gasteiger partial charge in [-0.05, 0) is 59.1 Å². The zero-order valence-corrected chi connectivity index (χ0v) is 16.9. The average molecular weight is 376 g/mol. The van der Waals surface area contributed by atoms with Gasteiger partial charge < -0.3 is 19.7 Å². The van der Waals surface area contributed by atoms with Crippen LogP contribution in [0.5, 0.6) is 0 Å². The maximum Gasteiger partial charge on any atom is 0.410 e. The number of nitrogens with zero attached hydrogens (tertiary/aromatic N) is 1. The number of para-hydroxylation sites is 1. The SMILES string of the molecule is CCOC(=O)C1(CCNc2ccccc2)CCCN(C(=O)OC(C)(C)C)C1. The number of rotatable bonds is 6. The van der Waals surface area contributed by atoms with Gasteiger partial charge in [0, 0.05) is 25.3 Å². The second-order valence-corrected chi connectivity index (χ2v) is 8.05. The lowest BCUT2D eigenvalue weighted by Crippen LogP contribution is -2.52. The van der Waals surface area contributed by atoms with Crippen molar-refractivity contribution in [2.24, 2.45) is 5.41 Å². The van der Waals surface area contributed by atoms with Gasteiger partial charge in [0.15, 0.2) is 0 Å². The van der Waals surface area contributed by atoms with E-state index in [1.54, 1.807) is 4.90 Å². The van der Waals surface area contributed by atoms with Gasteiger partial charge in [0.25, 0.3) is 0 Å². The number of hydrogen-bond donors (Lipinski definition) is 1. The molecule has 1 aliphatic rings. The molecule has 1 aromatic carbocycles. The molecule has 1 amide bonds. The molecule has 6 nitrogen and oxygen atoms in total. The van der Waals surface area contributed by atoms with Crippen molar-refractivity contribution in [3.05, 3.63) is 30.3 Å². The standard InChI is InChI=1S/C21H32N2O4/c1-5-26-18(24)21(13-14-22-17-10-7-6-8-11-17)12-9-15-23(16-21)19(25)27-20(2,3)4/h6-8,10-11,22H,5,9,12-16H2,1-4H3. The van der Waals surface area contributed by atoms with Crippen LogP contribution in [0.3, 0.4) is 0 Å². The first-order chi connectivity index (χ1) is 12.8. The zero-order valence-electron chi connectivity index (χ0n) is 16.9. The van der Waals surface area contributed by atoms with Crippen LogP contribution in [0.2, 0.25) is 0 Å². The predicted molar refractivity (Wildman–Crippen MR) is 106 cm³/mol. The van der Waals surface area contributed by atoms with Gasteiger partial charge >= 0.3 is 12.1 Å². The van der Waals surface area contributed by atoms with Gasteiger partial charge in [-0.1, -0.05) is 18.2 Å². The molecule has 1 aromatic rings. The van der Waals surface area contributed by atoms with Crippen LogP contribution in [0.1, 0.15) is 47.0 Å². The molecule has 0 aliphatic carbocycles. The lowest BCUT2D eigenvalue weighted by molar-refractivity contribution is -0.159. The fourth-order valence-corrected chi connectivity index (χ4v) is 3.37. The number of piperidine rings is 1. The van der Waals surface area contributed by atoms with E-state index in [2.05, 4.69) is 5.32 Å². The van der Waals surface area contributed by atoms with Crippen LogP contribution in [0, 0.1) is 5.41 Å². The highest BCUT2D eigenvalue weighted by atomic mass is 16.6. The Morgan fingerprint density at radius 2 is 1.93 bits per heavy atom. The van der Waals surface area contributed by atoms with E-state index in [4.69, 9.17) is 9.47 Å². The highest BCUT2D eigenvalue weighted by Gasteiger charge is 2.45. The highest BCUT2D eigenvalue weighted by Crippen LogP contribution is 2.35. The molecule has 1 unspecified atom stereocenters. The van der Waals surface area contributed by atoms with Crippen LogP contribution < -0.4 is 5.32 Å². The fraction of sp³-hybridized carbons (Fsp3) is 0.619. The van der Waals surface area contributed by atoms with Gasteiger partial charge in [-0.15, -0.1) is 0 Å². The molecule has 150 valence electrons. The van der Waals surface area contributed by atoms with E-state index in [1.165, 1.54) is 0 Å². The topological polar surface area (TPSA) is 67.9 Å². The average Bonchev–Trinajstić information content (AvgIpc) is 2.61. The minimum Gasteiger partial charge on any atom is -0.466 e. The molecule has 1 aliphatic heterocycles. The van der Waals surface area contributed by atoms with E-state index >= 15 is 0 Å². The van der Waals surface area contributed by atoms with Crippen molar-refractivity contribution in [2.45, 2.75) is 52.6 Å². The van der Waals surface area contributed by atoms with Crippen LogP contribution in [0.4, 0.5) is 10.5 Å². The van der Waals surface area contributed by atoms with Crippen LogP contribution >= 0.6 is 0 Å². The van der Waals surface area contributed by atoms with Crippen molar-refractivity contribution in [1.82, 2.24) is 4.90 Å². The number of amides is 1. The normalized spacial score (nSPS) is 20.1. The van der Waals surface area contributed by atoms with Gasteiger partial charge in [-0.2, -0.15) is 0 Å². The number of anilines is 1. The first kappa shape index (κ1) is 21.1. The second-order valence-electron chi connectivity index (χ2n) is 8.05. The van der Waals surface area contributed by atoms with Gasteiger partial charge in [-0.3, -0.25) is 4.79 Å². The van der Waals surface area contributed by atoms with E-state index in [-0.39, 0.29) is 12.1 Å². The van der Waals surface area contributed by atoms with E-state index in [0.29, 0.717) is 39.1 Å². The molecule has 0 radical (unpaired) electrons. The summed E-state index contributed by atoms with van der Waals surface area (Å²) in [6, 6.07) is 9.88. The number of nitrogens with one attached hydrogen (secondary N) is 1. The summed E-state index contributed by atoms with van der Waals surface area (Å²) in [4.78, 5) is 26.9. The second kappa shape index (κ2) is 9.11. The van der Waals surface area contributed by atoms with Gasteiger partial charge in [-0.25, -0.2) is 4.79 Å². The molecule has 0 aromatic heterocycles. The Morgan fingerprint density at radius 3 is 2.56 bits per heavy atom. The summed E-state index contributed by atoms with van der Waals surface area (Å²) in [5.41, 5.74) is -0.251. The summed E-state index contributed by atoms with van der Waals surface area (Å²) in [6.07, 6.45) is 1.69. The molecule has 0 saturated carbocycles. The van der Waals surface area contributed by atoms with Crippen LogP contribution in [-0.4, -0.2) is 48.8 Å². The summed E-state index contributed by atoms with van der Waals surface area (Å²) < 4.78 is 10.9. The van der Waals surface area contributed by atoms with Crippen molar-refractivity contribution in [2.75, 3.05) is 31.6 Å². The Bertz CT molecular complexity index is 627. The summed E-state index contributed by atoms with van der Waals surface area (Å²) in [5, 5.41) is 3.35. The smallest absolute Gasteiger partial charge is 0.410 e. The quantitative estimate of drug-likeness (QED) is 0.758. The van der Waals surface area contributed by atoms with Crippen LogP contribution in [0.15, 0.2) is 30.3 Å². The number of likely N-dealkylation sites (tertiary alicyclic amines) is 1. The van der Waals surface area contributed by atoms with Gasteiger partial charge in [0.1, 0.15) is 5.60 Å². The minimum atomic E-state index is -0.701. The molecule has 2 rings (SSSR count). The summed E-state index contributed by atoms with van der Waals surface area (Å²) in [7, 11) is 0. The molecule has 27 heavy (non-hydrogen) atoms. The molecule has 1 N–H and O–H groups in total. The largest absolute Gasteiger partial charge is 0.466 e. The van der Waals surface area contributed by atoms with Crippen molar-refractivity contribution in [1.29, 1.82) is 0 Å². The Hall–Kier alpha value is -2.24. The molecule has 1 atom stereocenters. The number of carbonyl (C=O) groups is 2. The first-order valence-electron chi connectivity index (χ1n) is 9.70. The van der Waals surface area contributed by atoms with E-state index in [9.17, 15) is 9.59 Å². The fourth-order valence-electron chi connectivity index (χ4n) is 3.37. The maximum absolute atomic E-state index is 12.8. The Morgan fingerprint density at radius 1 is 1.22 bits per heavy atom. The number of benzene rings is 1. The van der Waals surface area contributed by atoms with E-state index < -0.39 is 11.0 Å². The number of carbonyl (C=O) groups excluding carboxylic acids is 2. The highest BCUT2D eigenvalue weighted by molar-refractivity contribution is 5.79. The van der Waals surface area contributed by atoms with Crippen molar-refractivity contribution in [3.8, 4) is 0 Å². The number of ether oxygens (including phenoxy) is 2. The summed E-state index contributed by atoms with van der Waals surface area (Å²) in [5.74, 6) is -0.229. The molecular formula is C21H32N2O4. The van der Waals surface area contributed by atoms with Gasteiger partial charge in [0.2, 0.25) is 0 Å². The maximum atomic E-state index is 12.8. The molecule has 6 heteroatoms. The van der Waals surface area contributed by atoms with E-state index in [1.807, 2.05) is 58.0 Å². The third-order valence-electron chi connectivity index (χ3n) is 4.64. The molecular weight excluding hydrogens is 344 g/mol. The van der Waals surface area contributed by atoms with Crippen LogP contribution in [-0.2, 0) is 14.3 Å². The van der Waals surface area contributed by atoms with Crippen LogP contribution in [0.25, 0.3) is 0 Å².